The van der Waals surface area contributed by atoms with Gasteiger partial charge in [-0.05, 0) is 46.3 Å². The summed E-state index contributed by atoms with van der Waals surface area (Å²) in [4.78, 5) is 11.9. The molecule has 2 aromatic rings. The first-order valence-electron chi connectivity index (χ1n) is 5.22. The topological polar surface area (TPSA) is 49.3 Å². The average Bonchev–Trinajstić information content (AvgIpc) is 2.36. The van der Waals surface area contributed by atoms with Gasteiger partial charge in [0.2, 0.25) is 0 Å². The van der Waals surface area contributed by atoms with Crippen molar-refractivity contribution in [2.75, 3.05) is 5.32 Å². The molecule has 2 aromatic carbocycles. The smallest absolute Gasteiger partial charge is 0.255 e. The van der Waals surface area contributed by atoms with Gasteiger partial charge in [0, 0.05) is 11.6 Å². The second-order valence-electron chi connectivity index (χ2n) is 3.75. The Morgan fingerprint density at radius 2 is 2.00 bits per heavy atom. The highest BCUT2D eigenvalue weighted by Crippen LogP contribution is 2.26. The number of hydrogen-bond donors (Lipinski definition) is 2. The quantitative estimate of drug-likeness (QED) is 0.802. The van der Waals surface area contributed by atoms with Crippen LogP contribution in [0, 0.1) is 5.82 Å². The van der Waals surface area contributed by atoms with Crippen LogP contribution in [-0.2, 0) is 0 Å². The minimum absolute atomic E-state index is 0.00214. The lowest BCUT2D eigenvalue weighted by Crippen LogP contribution is -2.12. The minimum atomic E-state index is -0.524. The Labute approximate surface area is 122 Å². The maximum absolute atomic E-state index is 13.3. The lowest BCUT2D eigenvalue weighted by atomic mass is 10.2. The number of phenols is 1. The molecule has 0 saturated heterocycles. The number of carbonyl (C=O) groups is 1. The van der Waals surface area contributed by atoms with Crippen LogP contribution in [0.1, 0.15) is 10.4 Å². The van der Waals surface area contributed by atoms with Crippen LogP contribution in [0.5, 0.6) is 5.75 Å². The van der Waals surface area contributed by atoms with Crippen molar-refractivity contribution in [2.45, 2.75) is 0 Å². The molecule has 3 nitrogen and oxygen atoms in total. The van der Waals surface area contributed by atoms with Crippen molar-refractivity contribution >= 4 is 39.1 Å². The molecule has 0 atom stereocenters. The number of rotatable bonds is 2. The molecule has 0 fully saturated rings. The second-order valence-corrected chi connectivity index (χ2v) is 5.01. The van der Waals surface area contributed by atoms with E-state index in [1.165, 1.54) is 30.3 Å². The summed E-state index contributed by atoms with van der Waals surface area (Å²) < 4.78 is 13.6. The van der Waals surface area contributed by atoms with Gasteiger partial charge in [0.15, 0.2) is 0 Å². The number of aromatic hydroxyl groups is 1. The fourth-order valence-electron chi connectivity index (χ4n) is 1.44. The molecule has 0 aromatic heterocycles. The van der Waals surface area contributed by atoms with Gasteiger partial charge in [-0.3, -0.25) is 4.79 Å². The molecule has 0 saturated carbocycles. The number of amides is 1. The third kappa shape index (κ3) is 3.24. The normalized spacial score (nSPS) is 10.3. The van der Waals surface area contributed by atoms with Crippen molar-refractivity contribution in [3.8, 4) is 5.75 Å². The van der Waals surface area contributed by atoms with Crippen LogP contribution in [0.3, 0.4) is 0 Å². The van der Waals surface area contributed by atoms with Crippen LogP contribution < -0.4 is 5.32 Å². The van der Waals surface area contributed by atoms with E-state index in [-0.39, 0.29) is 20.8 Å². The SMILES string of the molecule is O=C(Nc1ccc(O)cc1Cl)c1ccc(Br)c(F)c1. The Bertz CT molecular complexity index is 649. The van der Waals surface area contributed by atoms with Crippen LogP contribution in [-0.4, -0.2) is 11.0 Å². The molecule has 19 heavy (non-hydrogen) atoms. The largest absolute Gasteiger partial charge is 0.508 e. The summed E-state index contributed by atoms with van der Waals surface area (Å²) in [7, 11) is 0. The van der Waals surface area contributed by atoms with Crippen molar-refractivity contribution in [2.24, 2.45) is 0 Å². The van der Waals surface area contributed by atoms with E-state index < -0.39 is 11.7 Å². The third-order valence-corrected chi connectivity index (χ3v) is 3.34. The van der Waals surface area contributed by atoms with Crippen LogP contribution in [0.25, 0.3) is 0 Å². The molecule has 0 spiro atoms. The molecular weight excluding hydrogens is 337 g/mol. The predicted octanol–water partition coefficient (Wildman–Crippen LogP) is 4.20. The first kappa shape index (κ1) is 13.8. The molecule has 1 amide bonds. The average molecular weight is 345 g/mol. The fraction of sp³-hybridized carbons (Fsp3) is 0. The Morgan fingerprint density at radius 3 is 2.63 bits per heavy atom. The number of carbonyl (C=O) groups excluding carboxylic acids is 1. The van der Waals surface area contributed by atoms with Crippen molar-refractivity contribution in [3.63, 3.8) is 0 Å². The van der Waals surface area contributed by atoms with Crippen molar-refractivity contribution in [1.29, 1.82) is 0 Å². The van der Waals surface area contributed by atoms with Gasteiger partial charge < -0.3 is 10.4 Å². The molecule has 0 radical (unpaired) electrons. The van der Waals surface area contributed by atoms with E-state index in [1.54, 1.807) is 0 Å². The lowest BCUT2D eigenvalue weighted by molar-refractivity contribution is 0.102. The Morgan fingerprint density at radius 1 is 1.26 bits per heavy atom. The van der Waals surface area contributed by atoms with Crippen molar-refractivity contribution in [3.05, 3.63) is 57.3 Å². The zero-order chi connectivity index (χ0) is 14.0. The summed E-state index contributed by atoms with van der Waals surface area (Å²) in [6, 6.07) is 8.21. The fourth-order valence-corrected chi connectivity index (χ4v) is 1.91. The molecule has 0 aliphatic carbocycles. The summed E-state index contributed by atoms with van der Waals surface area (Å²) in [5, 5.41) is 11.9. The second kappa shape index (κ2) is 5.59. The molecular formula is C13H8BrClFNO2. The van der Waals surface area contributed by atoms with E-state index >= 15 is 0 Å². The van der Waals surface area contributed by atoms with Gasteiger partial charge in [-0.1, -0.05) is 11.6 Å². The van der Waals surface area contributed by atoms with Gasteiger partial charge in [-0.25, -0.2) is 4.39 Å². The van der Waals surface area contributed by atoms with E-state index in [4.69, 9.17) is 11.6 Å². The van der Waals surface area contributed by atoms with Crippen LogP contribution in [0.2, 0.25) is 5.02 Å². The van der Waals surface area contributed by atoms with Gasteiger partial charge in [0.05, 0.1) is 15.2 Å². The maximum atomic E-state index is 13.3. The molecule has 98 valence electrons. The number of phenolic OH excluding ortho intramolecular Hbond substituents is 1. The number of anilines is 1. The van der Waals surface area contributed by atoms with E-state index in [0.29, 0.717) is 5.69 Å². The van der Waals surface area contributed by atoms with E-state index in [2.05, 4.69) is 21.2 Å². The van der Waals surface area contributed by atoms with Gasteiger partial charge in [-0.2, -0.15) is 0 Å². The summed E-state index contributed by atoms with van der Waals surface area (Å²) in [5.74, 6) is -1.01. The van der Waals surface area contributed by atoms with Crippen molar-refractivity contribution in [1.82, 2.24) is 0 Å². The van der Waals surface area contributed by atoms with Gasteiger partial charge >= 0.3 is 0 Å². The van der Waals surface area contributed by atoms with Crippen molar-refractivity contribution < 1.29 is 14.3 Å². The molecule has 6 heteroatoms. The zero-order valence-corrected chi connectivity index (χ0v) is 11.8. The molecule has 0 unspecified atom stereocenters. The van der Waals surface area contributed by atoms with E-state index in [9.17, 15) is 14.3 Å². The van der Waals surface area contributed by atoms with E-state index in [0.717, 1.165) is 6.07 Å². The summed E-state index contributed by atoms with van der Waals surface area (Å²) in [5.41, 5.74) is 0.512. The van der Waals surface area contributed by atoms with Crippen LogP contribution >= 0.6 is 27.5 Å². The maximum Gasteiger partial charge on any atom is 0.255 e. The van der Waals surface area contributed by atoms with Gasteiger partial charge in [-0.15, -0.1) is 0 Å². The predicted molar refractivity (Wildman–Crippen MR) is 75.2 cm³/mol. The molecule has 0 aliphatic rings. The Hall–Kier alpha value is -1.59. The minimum Gasteiger partial charge on any atom is -0.508 e. The summed E-state index contributed by atoms with van der Waals surface area (Å²) in [6.45, 7) is 0. The number of benzene rings is 2. The standard InChI is InChI=1S/C13H8BrClFNO2/c14-9-3-1-7(5-11(9)16)13(19)17-12-4-2-8(18)6-10(12)15/h1-6,18H,(H,17,19). The first-order valence-corrected chi connectivity index (χ1v) is 6.39. The summed E-state index contributed by atoms with van der Waals surface area (Å²) in [6.07, 6.45) is 0. The Balaban J connectivity index is 2.23. The third-order valence-electron chi connectivity index (χ3n) is 2.38. The number of hydrogen-bond acceptors (Lipinski definition) is 2. The highest BCUT2D eigenvalue weighted by atomic mass is 79.9. The van der Waals surface area contributed by atoms with Crippen LogP contribution in [0.15, 0.2) is 40.9 Å². The molecule has 0 heterocycles. The Kier molecular flexibility index (Phi) is 4.07. The monoisotopic (exact) mass is 343 g/mol. The lowest BCUT2D eigenvalue weighted by Gasteiger charge is -2.08. The van der Waals surface area contributed by atoms with E-state index in [1.807, 2.05) is 0 Å². The number of nitrogens with one attached hydrogen (secondary N) is 1. The highest BCUT2D eigenvalue weighted by molar-refractivity contribution is 9.10. The first-order chi connectivity index (χ1) is 8.97. The van der Waals surface area contributed by atoms with Gasteiger partial charge in [0.25, 0.3) is 5.91 Å². The highest BCUT2D eigenvalue weighted by Gasteiger charge is 2.11. The molecule has 2 N–H and O–H groups in total. The molecule has 0 bridgehead atoms. The van der Waals surface area contributed by atoms with Gasteiger partial charge in [0.1, 0.15) is 11.6 Å². The molecule has 2 rings (SSSR count). The zero-order valence-electron chi connectivity index (χ0n) is 9.45. The number of halogens is 3. The van der Waals surface area contributed by atoms with Crippen LogP contribution in [0.4, 0.5) is 10.1 Å². The summed E-state index contributed by atoms with van der Waals surface area (Å²) >= 11 is 8.87. The molecule has 0 aliphatic heterocycles.